The fraction of sp³-hybridized carbons (Fsp3) is 0.732. The standard InChI is InChI=1S/C41H67N3O12/c1-26(2)29(19-28-13-14-32(51-11)34(20-28)52-18-12-17-50-10)21-31-33(22-30(27(3)4)37(47)43-23-41(8,9)38(42)48)53-24-44(31)39(49)55-25-54-35(45)15-16-36(46)56-40(5,6)7/h13-14,20,26-27,29-31,33H,12,15-19,21-25H2,1-11H3,(H2,42,48)(H,43,47). The Hall–Kier alpha value is -4.11. The summed E-state index contributed by atoms with van der Waals surface area (Å²) in [6.07, 6.45) is 0.463. The Labute approximate surface area is 332 Å². The molecule has 0 saturated carbocycles. The van der Waals surface area contributed by atoms with Gasteiger partial charge >= 0.3 is 18.0 Å². The minimum atomic E-state index is -0.940. The molecule has 0 aliphatic carbocycles. The molecular weight excluding hydrogens is 726 g/mol. The summed E-state index contributed by atoms with van der Waals surface area (Å²) in [5, 5.41) is 2.90. The number of primary amides is 1. The third-order valence-corrected chi connectivity index (χ3v) is 9.81. The van der Waals surface area contributed by atoms with Crippen LogP contribution in [0.5, 0.6) is 11.5 Å². The van der Waals surface area contributed by atoms with Gasteiger partial charge in [-0.1, -0.05) is 33.8 Å². The van der Waals surface area contributed by atoms with Gasteiger partial charge in [0.25, 0.3) is 0 Å². The maximum absolute atomic E-state index is 13.6. The van der Waals surface area contributed by atoms with E-state index >= 15 is 0 Å². The first-order chi connectivity index (χ1) is 26.2. The lowest BCUT2D eigenvalue weighted by atomic mass is 9.80. The van der Waals surface area contributed by atoms with Gasteiger partial charge in [0.1, 0.15) is 12.3 Å². The second-order valence-corrected chi connectivity index (χ2v) is 16.7. The molecule has 4 unspecified atom stereocenters. The molecule has 15 nitrogen and oxygen atoms in total. The molecule has 0 aromatic heterocycles. The zero-order valence-electron chi connectivity index (χ0n) is 35.4. The summed E-state index contributed by atoms with van der Waals surface area (Å²) in [5.74, 6) is -1.17. The second-order valence-electron chi connectivity index (χ2n) is 16.7. The lowest BCUT2D eigenvalue weighted by molar-refractivity contribution is -0.161. The van der Waals surface area contributed by atoms with Crippen LogP contribution in [0.25, 0.3) is 0 Å². The van der Waals surface area contributed by atoms with Gasteiger partial charge in [-0.15, -0.1) is 0 Å². The van der Waals surface area contributed by atoms with Crippen LogP contribution in [0.15, 0.2) is 18.2 Å². The highest BCUT2D eigenvalue weighted by Crippen LogP contribution is 2.36. The molecule has 4 atom stereocenters. The van der Waals surface area contributed by atoms with Crippen molar-refractivity contribution in [1.82, 2.24) is 10.2 Å². The number of esters is 2. The lowest BCUT2D eigenvalue weighted by Gasteiger charge is -2.33. The molecule has 0 bridgehead atoms. The molecular formula is C41H67N3O12. The van der Waals surface area contributed by atoms with Crippen molar-refractivity contribution in [2.75, 3.05) is 47.5 Å². The number of nitrogens with zero attached hydrogens (tertiary/aromatic N) is 1. The fourth-order valence-corrected chi connectivity index (χ4v) is 6.18. The van der Waals surface area contributed by atoms with Crippen LogP contribution >= 0.6 is 0 Å². The highest BCUT2D eigenvalue weighted by atomic mass is 16.7. The monoisotopic (exact) mass is 793 g/mol. The molecule has 2 rings (SSSR count). The van der Waals surface area contributed by atoms with E-state index in [0.29, 0.717) is 44.0 Å². The third-order valence-electron chi connectivity index (χ3n) is 9.81. The first-order valence-electron chi connectivity index (χ1n) is 19.5. The largest absolute Gasteiger partial charge is 0.493 e. The highest BCUT2D eigenvalue weighted by Gasteiger charge is 2.43. The van der Waals surface area contributed by atoms with Crippen LogP contribution < -0.4 is 20.5 Å². The van der Waals surface area contributed by atoms with Crippen LogP contribution in [0.1, 0.15) is 100.0 Å². The number of amides is 3. The maximum Gasteiger partial charge on any atom is 0.414 e. The van der Waals surface area contributed by atoms with E-state index in [1.165, 1.54) is 4.90 Å². The second kappa shape index (κ2) is 22.6. The van der Waals surface area contributed by atoms with E-state index in [2.05, 4.69) is 19.2 Å². The van der Waals surface area contributed by atoms with E-state index in [1.54, 1.807) is 48.8 Å². The molecule has 3 N–H and O–H groups in total. The molecule has 15 heteroatoms. The topological polar surface area (TPSA) is 191 Å². The molecule has 1 aromatic carbocycles. The molecule has 1 aromatic rings. The molecule has 1 saturated heterocycles. The third kappa shape index (κ3) is 16.2. The fourth-order valence-electron chi connectivity index (χ4n) is 6.18. The molecule has 1 aliphatic rings. The summed E-state index contributed by atoms with van der Waals surface area (Å²) >= 11 is 0. The van der Waals surface area contributed by atoms with Crippen molar-refractivity contribution in [2.45, 2.75) is 119 Å². The van der Waals surface area contributed by atoms with Gasteiger partial charge < -0.3 is 44.2 Å². The Morgan fingerprint density at radius 3 is 2.18 bits per heavy atom. The predicted molar refractivity (Wildman–Crippen MR) is 208 cm³/mol. The van der Waals surface area contributed by atoms with Crippen molar-refractivity contribution >= 4 is 29.8 Å². The summed E-state index contributed by atoms with van der Waals surface area (Å²) in [6.45, 7) is 17.0. The summed E-state index contributed by atoms with van der Waals surface area (Å²) in [6, 6.07) is 5.34. The van der Waals surface area contributed by atoms with Gasteiger partial charge in [-0.3, -0.25) is 24.1 Å². The number of nitrogens with one attached hydrogen (secondary N) is 1. The van der Waals surface area contributed by atoms with Crippen LogP contribution in [0.2, 0.25) is 0 Å². The highest BCUT2D eigenvalue weighted by molar-refractivity contribution is 5.83. The van der Waals surface area contributed by atoms with E-state index in [0.717, 1.165) is 12.0 Å². The SMILES string of the molecule is COCCCOc1cc(CC(CC2C(CC(C(=O)NCC(C)(C)C(N)=O)C(C)C)OCN2C(=O)OCOC(=O)CCC(=O)OC(C)(C)C)C(C)C)ccc1OC. The molecule has 318 valence electrons. The zero-order chi connectivity index (χ0) is 42.2. The number of benzene rings is 1. The number of methoxy groups -OCH3 is 2. The van der Waals surface area contributed by atoms with Gasteiger partial charge in [-0.25, -0.2) is 4.79 Å². The Morgan fingerprint density at radius 1 is 0.911 bits per heavy atom. The Bertz CT molecular complexity index is 1440. The molecule has 0 radical (unpaired) electrons. The van der Waals surface area contributed by atoms with Crippen molar-refractivity contribution in [2.24, 2.45) is 34.8 Å². The summed E-state index contributed by atoms with van der Waals surface area (Å²) < 4.78 is 38.7. The number of hydrogen-bond acceptors (Lipinski definition) is 12. The van der Waals surface area contributed by atoms with Crippen molar-refractivity contribution < 1.29 is 57.1 Å². The zero-order valence-corrected chi connectivity index (χ0v) is 35.4. The first kappa shape index (κ1) is 48.0. The van der Waals surface area contributed by atoms with Crippen LogP contribution in [0.3, 0.4) is 0 Å². The molecule has 0 spiro atoms. The molecule has 56 heavy (non-hydrogen) atoms. The number of hydrogen-bond donors (Lipinski definition) is 2. The molecule has 3 amide bonds. The van der Waals surface area contributed by atoms with Crippen LogP contribution in [-0.2, 0) is 49.3 Å². The van der Waals surface area contributed by atoms with Crippen molar-refractivity contribution in [3.8, 4) is 11.5 Å². The lowest BCUT2D eigenvalue weighted by Crippen LogP contribution is -2.47. The minimum Gasteiger partial charge on any atom is -0.493 e. The van der Waals surface area contributed by atoms with Gasteiger partial charge in [0, 0.05) is 32.6 Å². The van der Waals surface area contributed by atoms with Gasteiger partial charge in [-0.2, -0.15) is 0 Å². The van der Waals surface area contributed by atoms with Crippen LogP contribution in [0.4, 0.5) is 4.79 Å². The summed E-state index contributed by atoms with van der Waals surface area (Å²) in [4.78, 5) is 64.9. The first-order valence-corrected chi connectivity index (χ1v) is 19.5. The van der Waals surface area contributed by atoms with Crippen molar-refractivity contribution in [3.63, 3.8) is 0 Å². The number of ether oxygens (including phenoxy) is 7. The smallest absolute Gasteiger partial charge is 0.414 e. The van der Waals surface area contributed by atoms with E-state index in [4.69, 9.17) is 38.9 Å². The van der Waals surface area contributed by atoms with E-state index in [-0.39, 0.29) is 49.8 Å². The normalized spacial score (nSPS) is 17.0. The van der Waals surface area contributed by atoms with Crippen LogP contribution in [0, 0.1) is 29.1 Å². The molecule has 1 aliphatic heterocycles. The number of carbonyl (C=O) groups excluding carboxylic acids is 5. The minimum absolute atomic E-state index is 0.0441. The number of carbonyl (C=O) groups is 5. The van der Waals surface area contributed by atoms with E-state index in [9.17, 15) is 24.0 Å². The van der Waals surface area contributed by atoms with Crippen LogP contribution in [-0.4, -0.2) is 100.0 Å². The van der Waals surface area contributed by atoms with Gasteiger partial charge in [0.05, 0.1) is 44.1 Å². The Kier molecular flexibility index (Phi) is 19.4. The van der Waals surface area contributed by atoms with Gasteiger partial charge in [0.2, 0.25) is 18.6 Å². The quantitative estimate of drug-likeness (QED) is 0.0817. The summed E-state index contributed by atoms with van der Waals surface area (Å²) in [7, 11) is 3.24. The average molecular weight is 794 g/mol. The number of nitrogens with two attached hydrogens (primary N) is 1. The predicted octanol–water partition coefficient (Wildman–Crippen LogP) is 5.39. The molecule has 1 heterocycles. The molecule has 1 fully saturated rings. The van der Waals surface area contributed by atoms with Crippen molar-refractivity contribution in [3.05, 3.63) is 23.8 Å². The average Bonchev–Trinajstić information content (AvgIpc) is 3.51. The Morgan fingerprint density at radius 2 is 1.59 bits per heavy atom. The summed E-state index contributed by atoms with van der Waals surface area (Å²) in [5.41, 5.74) is 4.93. The van der Waals surface area contributed by atoms with Crippen molar-refractivity contribution in [1.29, 1.82) is 0 Å². The van der Waals surface area contributed by atoms with Gasteiger partial charge in [0.15, 0.2) is 11.5 Å². The maximum atomic E-state index is 13.6. The van der Waals surface area contributed by atoms with Gasteiger partial charge in [-0.05, 0) is 89.3 Å². The number of rotatable bonds is 23. The Balaban J connectivity index is 2.30. The van der Waals surface area contributed by atoms with E-state index < -0.39 is 59.8 Å². The van der Waals surface area contributed by atoms with E-state index in [1.807, 2.05) is 32.0 Å².